The molecule has 1 unspecified atom stereocenters. The van der Waals surface area contributed by atoms with Crippen molar-refractivity contribution in [3.8, 4) is 5.75 Å². The summed E-state index contributed by atoms with van der Waals surface area (Å²) in [6.45, 7) is 1.40. The maximum Gasteiger partial charge on any atom is 0.416 e. The van der Waals surface area contributed by atoms with E-state index < -0.39 is 65.0 Å². The van der Waals surface area contributed by atoms with Crippen molar-refractivity contribution >= 4 is 28.7 Å². The van der Waals surface area contributed by atoms with Crippen molar-refractivity contribution in [2.45, 2.75) is 44.1 Å². The highest BCUT2D eigenvalue weighted by molar-refractivity contribution is 7.77. The van der Waals surface area contributed by atoms with Gasteiger partial charge in [0, 0.05) is 24.1 Å². The number of hydrogen-bond acceptors (Lipinski definition) is 5. The highest BCUT2D eigenvalue weighted by Crippen LogP contribution is 2.48. The molecule has 0 radical (unpaired) electrons. The lowest BCUT2D eigenvalue weighted by Crippen LogP contribution is -2.59. The first kappa shape index (κ1) is 29.2. The molecule has 7 nitrogen and oxygen atoms in total. The van der Waals surface area contributed by atoms with Gasteiger partial charge in [0.25, 0.3) is 11.8 Å². The largest absolute Gasteiger partial charge is 0.755 e. The number of hydrogen-bond donors (Lipinski definition) is 2. The maximum absolute atomic E-state index is 14.6. The first-order valence-electron chi connectivity index (χ1n) is 11.0. The van der Waals surface area contributed by atoms with Crippen molar-refractivity contribution in [3.05, 3.63) is 70.8 Å². The summed E-state index contributed by atoms with van der Waals surface area (Å²) in [4.78, 5) is 25.5. The first-order chi connectivity index (χ1) is 17.6. The summed E-state index contributed by atoms with van der Waals surface area (Å²) in [6.07, 6.45) is -11.8. The number of nitrogens with one attached hydrogen (secondary N) is 2. The van der Waals surface area contributed by atoms with Crippen LogP contribution in [0, 0.1) is 6.92 Å². The highest BCUT2D eigenvalue weighted by atomic mass is 32.2. The predicted octanol–water partition coefficient (Wildman–Crippen LogP) is 4.36. The van der Waals surface area contributed by atoms with Gasteiger partial charge in [-0.1, -0.05) is 42.0 Å². The summed E-state index contributed by atoms with van der Waals surface area (Å²) in [5.74, 6) is -2.83. The SMILES string of the molecule is Cc1ccc(C2=C(C(=O)NS(=O)[O-])C(=O)N[C@@](c3ccc(OCCCC(F)(F)F)cc3)(C(F)(F)F)C2)cc1. The van der Waals surface area contributed by atoms with Crippen LogP contribution < -0.4 is 14.8 Å². The third-order valence-corrected chi connectivity index (χ3v) is 6.16. The molecule has 1 heterocycles. The third kappa shape index (κ3) is 6.72. The van der Waals surface area contributed by atoms with Crippen LogP contribution in [0.3, 0.4) is 0 Å². The molecule has 2 N–H and O–H groups in total. The van der Waals surface area contributed by atoms with Crippen LogP contribution in [0.2, 0.25) is 0 Å². The molecular weight excluding hydrogens is 542 g/mol. The molecule has 3 rings (SSSR count). The van der Waals surface area contributed by atoms with Gasteiger partial charge in [-0.3, -0.25) is 18.5 Å². The average Bonchev–Trinajstić information content (AvgIpc) is 2.80. The monoisotopic (exact) mass is 563 g/mol. The quantitative estimate of drug-likeness (QED) is 0.215. The molecule has 2 atom stereocenters. The summed E-state index contributed by atoms with van der Waals surface area (Å²) in [6, 6.07) is 10.2. The number of benzene rings is 2. The second-order valence-electron chi connectivity index (χ2n) is 8.51. The Kier molecular flexibility index (Phi) is 8.56. The van der Waals surface area contributed by atoms with E-state index in [1.165, 1.54) is 16.9 Å². The van der Waals surface area contributed by atoms with Gasteiger partial charge in [0.1, 0.15) is 11.3 Å². The number of halogens is 6. The molecule has 2 amide bonds. The Bertz CT molecular complexity index is 1240. The van der Waals surface area contributed by atoms with Gasteiger partial charge in [-0.2, -0.15) is 26.3 Å². The van der Waals surface area contributed by atoms with Crippen LogP contribution in [0.25, 0.3) is 5.57 Å². The first-order valence-corrected chi connectivity index (χ1v) is 12.1. The lowest BCUT2D eigenvalue weighted by atomic mass is 9.76. The Morgan fingerprint density at radius 1 is 1.08 bits per heavy atom. The maximum atomic E-state index is 14.6. The van der Waals surface area contributed by atoms with Crippen molar-refractivity contribution in [1.82, 2.24) is 10.0 Å². The zero-order chi connectivity index (χ0) is 28.3. The normalized spacial score (nSPS) is 19.1. The lowest BCUT2D eigenvalue weighted by molar-refractivity contribution is -0.201. The van der Waals surface area contributed by atoms with Crippen LogP contribution in [0.1, 0.15) is 36.0 Å². The van der Waals surface area contributed by atoms with Gasteiger partial charge in [-0.15, -0.1) is 0 Å². The Morgan fingerprint density at radius 2 is 1.68 bits per heavy atom. The van der Waals surface area contributed by atoms with Gasteiger partial charge >= 0.3 is 12.4 Å². The van der Waals surface area contributed by atoms with Crippen molar-refractivity contribution in [1.29, 1.82) is 0 Å². The molecule has 1 aliphatic rings. The van der Waals surface area contributed by atoms with Gasteiger partial charge in [0.2, 0.25) is 0 Å². The predicted molar refractivity (Wildman–Crippen MR) is 123 cm³/mol. The van der Waals surface area contributed by atoms with Gasteiger partial charge in [0.15, 0.2) is 5.54 Å². The Balaban J connectivity index is 2.02. The van der Waals surface area contributed by atoms with Crippen molar-refractivity contribution in [3.63, 3.8) is 0 Å². The molecule has 2 aromatic carbocycles. The van der Waals surface area contributed by atoms with Crippen molar-refractivity contribution in [2.75, 3.05) is 6.61 Å². The number of amides is 2. The molecule has 0 spiro atoms. The molecule has 206 valence electrons. The number of aryl methyl sites for hydroxylation is 1. The minimum absolute atomic E-state index is 0.0164. The number of carbonyl (C=O) groups excluding carboxylic acids is 2. The molecule has 0 saturated carbocycles. The summed E-state index contributed by atoms with van der Waals surface area (Å²) in [5, 5.41) is 1.84. The summed E-state index contributed by atoms with van der Waals surface area (Å²) >= 11 is -3.13. The number of alkyl halides is 6. The fourth-order valence-corrected chi connectivity index (χ4v) is 4.22. The Labute approximate surface area is 215 Å². The van der Waals surface area contributed by atoms with Crippen LogP contribution in [0.5, 0.6) is 5.75 Å². The third-order valence-electron chi connectivity index (χ3n) is 5.81. The van der Waals surface area contributed by atoms with Crippen LogP contribution in [0.4, 0.5) is 26.3 Å². The van der Waals surface area contributed by atoms with Gasteiger partial charge in [0.05, 0.1) is 6.61 Å². The molecule has 14 heteroatoms. The molecule has 0 aromatic heterocycles. The lowest BCUT2D eigenvalue weighted by Gasteiger charge is -2.41. The summed E-state index contributed by atoms with van der Waals surface area (Å²) < 4.78 is 109. The van der Waals surface area contributed by atoms with Crippen molar-refractivity contribution < 1.29 is 49.4 Å². The molecule has 0 saturated heterocycles. The fraction of sp³-hybridized carbons (Fsp3) is 0.333. The second-order valence-corrected chi connectivity index (χ2v) is 9.18. The molecule has 0 bridgehead atoms. The molecule has 0 fully saturated rings. The summed E-state index contributed by atoms with van der Waals surface area (Å²) in [5.41, 5.74) is -3.72. The van der Waals surface area contributed by atoms with Crippen molar-refractivity contribution in [2.24, 2.45) is 0 Å². The molecular formula is C24H21F6N2O5S-. The second kappa shape index (κ2) is 11.2. The van der Waals surface area contributed by atoms with Crippen LogP contribution in [-0.2, 0) is 26.4 Å². The zero-order valence-electron chi connectivity index (χ0n) is 19.7. The highest BCUT2D eigenvalue weighted by Gasteiger charge is 2.60. The van der Waals surface area contributed by atoms with E-state index in [2.05, 4.69) is 0 Å². The van der Waals surface area contributed by atoms with E-state index in [1.54, 1.807) is 19.1 Å². The molecule has 2 aromatic rings. The zero-order valence-corrected chi connectivity index (χ0v) is 20.5. The minimum atomic E-state index is -5.09. The minimum Gasteiger partial charge on any atom is -0.755 e. The fourth-order valence-electron chi connectivity index (χ4n) is 3.97. The number of rotatable bonds is 8. The van der Waals surface area contributed by atoms with E-state index in [-0.39, 0.29) is 29.9 Å². The van der Waals surface area contributed by atoms with Gasteiger partial charge < -0.3 is 14.6 Å². The standard InChI is InChI=1S/C24H22F6N2O5S/c1-14-3-5-15(6-4-14)18-13-22(24(28,29)30,31-20(33)19(18)21(34)32-38(35)36)16-7-9-17(10-8-16)37-12-2-11-23(25,26)27/h3-10H,2,11-13H2,1H3,(H,31,33)(H,32,34)(H,35,36)/p-1/t22-/m0/s1. The van der Waals surface area contributed by atoms with E-state index in [0.717, 1.165) is 29.8 Å². The van der Waals surface area contributed by atoms with Crippen LogP contribution in [0.15, 0.2) is 54.1 Å². The molecule has 1 aliphatic heterocycles. The smallest absolute Gasteiger partial charge is 0.416 e. The number of ether oxygens (including phenoxy) is 1. The average molecular weight is 563 g/mol. The summed E-state index contributed by atoms with van der Waals surface area (Å²) in [7, 11) is 0. The van der Waals surface area contributed by atoms with E-state index in [1.807, 2.05) is 5.32 Å². The van der Waals surface area contributed by atoms with Crippen LogP contribution >= 0.6 is 0 Å². The molecule has 38 heavy (non-hydrogen) atoms. The molecule has 0 aliphatic carbocycles. The Morgan fingerprint density at radius 3 is 2.21 bits per heavy atom. The van der Waals surface area contributed by atoms with Gasteiger partial charge in [-0.05, 0) is 42.2 Å². The van der Waals surface area contributed by atoms with Gasteiger partial charge in [-0.25, -0.2) is 0 Å². The van der Waals surface area contributed by atoms with E-state index >= 15 is 0 Å². The Hall–Kier alpha value is -3.39. The van der Waals surface area contributed by atoms with E-state index in [4.69, 9.17) is 4.74 Å². The van der Waals surface area contributed by atoms with E-state index in [0.29, 0.717) is 0 Å². The van der Waals surface area contributed by atoms with Crippen LogP contribution in [-0.4, -0.2) is 39.5 Å². The topological polar surface area (TPSA) is 108 Å². The van der Waals surface area contributed by atoms with E-state index in [9.17, 15) is 44.7 Å². The number of carbonyl (C=O) groups is 2.